The van der Waals surface area contributed by atoms with Gasteiger partial charge in [0.25, 0.3) is 0 Å². The zero-order valence-electron chi connectivity index (χ0n) is 18.4. The molecule has 30 heavy (non-hydrogen) atoms. The summed E-state index contributed by atoms with van der Waals surface area (Å²) in [6.07, 6.45) is 5.25. The number of carbonyl (C=O) groups excluding carboxylic acids is 1. The normalized spacial score (nSPS) is 22.9. The van der Waals surface area contributed by atoms with Crippen molar-refractivity contribution in [3.63, 3.8) is 0 Å². The van der Waals surface area contributed by atoms with Gasteiger partial charge >= 0.3 is 0 Å². The lowest BCUT2D eigenvalue weighted by Crippen LogP contribution is -2.42. The van der Waals surface area contributed by atoms with Crippen LogP contribution in [0.25, 0.3) is 0 Å². The molecule has 0 bridgehead atoms. The fraction of sp³-hybridized carbons (Fsp3) is 0.542. The summed E-state index contributed by atoms with van der Waals surface area (Å²) in [6, 6.07) is 7.46. The van der Waals surface area contributed by atoms with Crippen LogP contribution in [0.15, 0.2) is 30.5 Å². The van der Waals surface area contributed by atoms with Crippen molar-refractivity contribution in [2.45, 2.75) is 64.5 Å². The number of halogens is 1. The van der Waals surface area contributed by atoms with Crippen LogP contribution in [0.1, 0.15) is 56.6 Å². The van der Waals surface area contributed by atoms with E-state index in [9.17, 15) is 9.18 Å². The number of pyridine rings is 2. The molecule has 0 atom stereocenters. The average molecular weight is 411 g/mol. The zero-order chi connectivity index (χ0) is 21.5. The van der Waals surface area contributed by atoms with E-state index in [1.807, 2.05) is 31.0 Å². The van der Waals surface area contributed by atoms with E-state index >= 15 is 0 Å². The topological polar surface area (TPSA) is 49.3 Å². The molecule has 0 unspecified atom stereocenters. The second kappa shape index (κ2) is 8.06. The maximum atomic E-state index is 13.9. The number of hydrogen-bond donors (Lipinski definition) is 0. The molecule has 1 saturated carbocycles. The van der Waals surface area contributed by atoms with Gasteiger partial charge in [0.2, 0.25) is 5.91 Å². The molecule has 1 fully saturated rings. The van der Waals surface area contributed by atoms with Crippen LogP contribution in [0.3, 0.4) is 0 Å². The third-order valence-electron chi connectivity index (χ3n) is 6.67. The molecule has 0 radical (unpaired) electrons. The Balaban J connectivity index is 1.39. The Morgan fingerprint density at radius 1 is 1.23 bits per heavy atom. The number of aryl methyl sites for hydroxylation is 1. The Labute approximate surface area is 178 Å². The Morgan fingerprint density at radius 2 is 1.97 bits per heavy atom. The second-order valence-electron chi connectivity index (χ2n) is 9.48. The molecular weight excluding hydrogens is 379 g/mol. The number of amides is 1. The number of carbonyl (C=O) groups is 1. The maximum Gasteiger partial charge on any atom is 0.230 e. The molecule has 4 rings (SSSR count). The highest BCUT2D eigenvalue weighted by Crippen LogP contribution is 2.41. The summed E-state index contributed by atoms with van der Waals surface area (Å²) in [4.78, 5) is 26.4. The number of aromatic nitrogens is 2. The van der Waals surface area contributed by atoms with Gasteiger partial charge in [-0.25, -0.2) is 4.39 Å². The molecule has 1 amide bonds. The standard InChI is InChI=1S/C24H31FN4O/c1-16-7-12-21-22(27-16)24(2,3)15-29(21)23(30)17-8-10-18(11-9-17)28(4)14-20-19(25)6-5-13-26-20/h5-7,12-13,17-18H,8-11,14-15H2,1-4H3/t17-,18-. The van der Waals surface area contributed by atoms with Crippen LogP contribution in [-0.2, 0) is 16.8 Å². The van der Waals surface area contributed by atoms with E-state index in [0.717, 1.165) is 42.8 Å². The molecule has 1 aliphatic carbocycles. The third-order valence-corrected chi connectivity index (χ3v) is 6.67. The van der Waals surface area contributed by atoms with Gasteiger partial charge in [0.05, 0.1) is 17.1 Å². The highest BCUT2D eigenvalue weighted by molar-refractivity contribution is 5.97. The van der Waals surface area contributed by atoms with Gasteiger partial charge in [-0.05, 0) is 63.9 Å². The van der Waals surface area contributed by atoms with Crippen LogP contribution < -0.4 is 4.90 Å². The van der Waals surface area contributed by atoms with Crippen LogP contribution in [0.4, 0.5) is 10.1 Å². The van der Waals surface area contributed by atoms with Gasteiger partial charge in [-0.15, -0.1) is 0 Å². The smallest absolute Gasteiger partial charge is 0.230 e. The predicted molar refractivity (Wildman–Crippen MR) is 116 cm³/mol. The minimum Gasteiger partial charge on any atom is -0.309 e. The van der Waals surface area contributed by atoms with Gasteiger partial charge < -0.3 is 4.90 Å². The minimum atomic E-state index is -0.257. The summed E-state index contributed by atoms with van der Waals surface area (Å²) < 4.78 is 13.9. The van der Waals surface area contributed by atoms with Crippen LogP contribution in [0.5, 0.6) is 0 Å². The molecule has 0 spiro atoms. The molecule has 0 saturated heterocycles. The van der Waals surface area contributed by atoms with Crippen molar-refractivity contribution in [1.29, 1.82) is 0 Å². The lowest BCUT2D eigenvalue weighted by molar-refractivity contribution is -0.123. The van der Waals surface area contributed by atoms with E-state index in [1.165, 1.54) is 6.07 Å². The van der Waals surface area contributed by atoms with E-state index in [2.05, 4.69) is 23.7 Å². The SMILES string of the molecule is Cc1ccc2c(n1)C(C)(C)CN2C(=O)[C@H]1CC[C@H](N(C)Cc2ncccc2F)CC1. The van der Waals surface area contributed by atoms with Crippen molar-refractivity contribution in [2.24, 2.45) is 5.92 Å². The van der Waals surface area contributed by atoms with Crippen molar-refractivity contribution in [3.05, 3.63) is 53.4 Å². The van der Waals surface area contributed by atoms with Crippen molar-refractivity contribution in [2.75, 3.05) is 18.5 Å². The first-order valence-electron chi connectivity index (χ1n) is 10.9. The lowest BCUT2D eigenvalue weighted by atomic mass is 9.84. The number of nitrogens with zero attached hydrogens (tertiary/aromatic N) is 4. The fourth-order valence-electron chi connectivity index (χ4n) is 4.90. The first-order chi connectivity index (χ1) is 14.3. The number of hydrogen-bond acceptors (Lipinski definition) is 4. The van der Waals surface area contributed by atoms with Crippen molar-refractivity contribution >= 4 is 11.6 Å². The molecule has 6 heteroatoms. The van der Waals surface area contributed by atoms with E-state index < -0.39 is 0 Å². The molecule has 3 heterocycles. The molecule has 0 aromatic carbocycles. The maximum absolute atomic E-state index is 13.9. The molecule has 2 aromatic heterocycles. The van der Waals surface area contributed by atoms with Gasteiger partial charge in [-0.2, -0.15) is 0 Å². The summed E-state index contributed by atoms with van der Waals surface area (Å²) in [7, 11) is 2.02. The zero-order valence-corrected chi connectivity index (χ0v) is 18.4. The highest BCUT2D eigenvalue weighted by Gasteiger charge is 2.42. The van der Waals surface area contributed by atoms with Gasteiger partial charge in [-0.1, -0.05) is 13.8 Å². The van der Waals surface area contributed by atoms with Gasteiger partial charge in [0.1, 0.15) is 5.82 Å². The van der Waals surface area contributed by atoms with Crippen molar-refractivity contribution in [3.8, 4) is 0 Å². The van der Waals surface area contributed by atoms with E-state index in [0.29, 0.717) is 24.8 Å². The molecular formula is C24H31FN4O. The number of fused-ring (bicyclic) bond motifs is 1. The third kappa shape index (κ3) is 3.97. The van der Waals surface area contributed by atoms with Crippen LogP contribution in [-0.4, -0.2) is 40.4 Å². The van der Waals surface area contributed by atoms with Crippen LogP contribution in [0.2, 0.25) is 0 Å². The summed E-state index contributed by atoms with van der Waals surface area (Å²) in [5.41, 5.74) is 3.35. The highest BCUT2D eigenvalue weighted by atomic mass is 19.1. The second-order valence-corrected chi connectivity index (χ2v) is 9.48. The largest absolute Gasteiger partial charge is 0.309 e. The van der Waals surface area contributed by atoms with Gasteiger partial charge in [-0.3, -0.25) is 19.7 Å². The predicted octanol–water partition coefficient (Wildman–Crippen LogP) is 4.24. The molecule has 2 aliphatic rings. The lowest BCUT2D eigenvalue weighted by Gasteiger charge is -2.35. The Bertz CT molecular complexity index is 937. The molecule has 1 aliphatic heterocycles. The molecule has 0 N–H and O–H groups in total. The summed E-state index contributed by atoms with van der Waals surface area (Å²) in [5, 5.41) is 0. The monoisotopic (exact) mass is 410 g/mol. The summed E-state index contributed by atoms with van der Waals surface area (Å²) in [5.74, 6) is 0.0148. The van der Waals surface area contributed by atoms with Crippen molar-refractivity contribution < 1.29 is 9.18 Å². The quantitative estimate of drug-likeness (QED) is 0.757. The van der Waals surface area contributed by atoms with Crippen molar-refractivity contribution in [1.82, 2.24) is 14.9 Å². The minimum absolute atomic E-state index is 0.0456. The average Bonchev–Trinajstić information content (AvgIpc) is 2.99. The number of rotatable bonds is 4. The van der Waals surface area contributed by atoms with Crippen LogP contribution in [0, 0.1) is 18.7 Å². The van der Waals surface area contributed by atoms with E-state index in [-0.39, 0.29) is 23.1 Å². The Kier molecular flexibility index (Phi) is 5.62. The molecule has 2 aromatic rings. The Morgan fingerprint density at radius 3 is 2.67 bits per heavy atom. The first kappa shape index (κ1) is 20.9. The van der Waals surface area contributed by atoms with Crippen LogP contribution >= 0.6 is 0 Å². The summed E-state index contributed by atoms with van der Waals surface area (Å²) >= 11 is 0. The summed E-state index contributed by atoms with van der Waals surface area (Å²) in [6.45, 7) is 7.50. The van der Waals surface area contributed by atoms with Gasteiger partial charge in [0.15, 0.2) is 0 Å². The molecule has 160 valence electrons. The Hall–Kier alpha value is -2.34. The fourth-order valence-corrected chi connectivity index (χ4v) is 4.90. The molecule has 5 nitrogen and oxygen atoms in total. The first-order valence-corrected chi connectivity index (χ1v) is 10.9. The van der Waals surface area contributed by atoms with Gasteiger partial charge in [0, 0.05) is 42.4 Å². The van der Waals surface area contributed by atoms with E-state index in [4.69, 9.17) is 4.98 Å². The number of anilines is 1. The van der Waals surface area contributed by atoms with E-state index in [1.54, 1.807) is 12.3 Å².